The summed E-state index contributed by atoms with van der Waals surface area (Å²) in [7, 11) is 1.03. The number of benzene rings is 2. The number of hydrogen-bond donors (Lipinski definition) is 1. The van der Waals surface area contributed by atoms with Crippen LogP contribution in [0.3, 0.4) is 0 Å². The molecule has 0 aliphatic carbocycles. The molecular formula is C18H20N4O3S. The van der Waals surface area contributed by atoms with Crippen LogP contribution in [0.15, 0.2) is 60.9 Å². The maximum absolute atomic E-state index is 12.0. The quantitative estimate of drug-likeness (QED) is 0.722. The maximum atomic E-state index is 12.0. The summed E-state index contributed by atoms with van der Waals surface area (Å²) in [6.07, 6.45) is 3.63. The normalized spacial score (nSPS) is 11.5. The second-order valence-electron chi connectivity index (χ2n) is 5.84. The first-order valence-corrected chi connectivity index (χ1v) is 9.33. The Balaban J connectivity index is 1.86. The Morgan fingerprint density at radius 2 is 1.81 bits per heavy atom. The number of aromatic nitrogens is 2. The SMILES string of the molecule is COc1ccc(-n2cc(-c3cccc(NS(=O)(=O)N(C)C)c3)cn2)cc1. The molecule has 1 N–H and O–H groups in total. The summed E-state index contributed by atoms with van der Waals surface area (Å²) in [5.41, 5.74) is 3.14. The van der Waals surface area contributed by atoms with Crippen LogP contribution in [0.4, 0.5) is 5.69 Å². The van der Waals surface area contributed by atoms with Crippen LogP contribution < -0.4 is 9.46 Å². The van der Waals surface area contributed by atoms with Crippen molar-refractivity contribution in [1.29, 1.82) is 0 Å². The molecule has 136 valence electrons. The van der Waals surface area contributed by atoms with Gasteiger partial charge in [-0.15, -0.1) is 0 Å². The molecular weight excluding hydrogens is 352 g/mol. The molecule has 0 fully saturated rings. The number of nitrogens with one attached hydrogen (secondary N) is 1. The minimum absolute atomic E-state index is 0.494. The van der Waals surface area contributed by atoms with Crippen LogP contribution in [0.1, 0.15) is 0 Å². The Morgan fingerprint density at radius 1 is 1.08 bits per heavy atom. The molecule has 0 unspecified atom stereocenters. The second kappa shape index (κ2) is 7.19. The minimum atomic E-state index is -3.54. The first-order valence-electron chi connectivity index (χ1n) is 7.89. The van der Waals surface area contributed by atoms with Crippen molar-refractivity contribution < 1.29 is 13.2 Å². The van der Waals surface area contributed by atoms with E-state index in [0.29, 0.717) is 5.69 Å². The molecule has 0 saturated carbocycles. The van der Waals surface area contributed by atoms with Crippen molar-refractivity contribution >= 4 is 15.9 Å². The Bertz CT molecular complexity index is 995. The molecule has 8 heteroatoms. The molecule has 26 heavy (non-hydrogen) atoms. The lowest BCUT2D eigenvalue weighted by molar-refractivity contribution is 0.414. The maximum Gasteiger partial charge on any atom is 0.301 e. The lowest BCUT2D eigenvalue weighted by Gasteiger charge is -2.13. The lowest BCUT2D eigenvalue weighted by atomic mass is 10.1. The first kappa shape index (κ1) is 18.0. The molecule has 1 heterocycles. The number of methoxy groups -OCH3 is 1. The summed E-state index contributed by atoms with van der Waals surface area (Å²) >= 11 is 0. The summed E-state index contributed by atoms with van der Waals surface area (Å²) in [6, 6.07) is 14.8. The molecule has 3 rings (SSSR count). The molecule has 2 aromatic carbocycles. The number of hydrogen-bond acceptors (Lipinski definition) is 4. The van der Waals surface area contributed by atoms with Crippen molar-refractivity contribution in [1.82, 2.24) is 14.1 Å². The summed E-state index contributed by atoms with van der Waals surface area (Å²) < 4.78 is 34.5. The predicted octanol–water partition coefficient (Wildman–Crippen LogP) is 2.77. The average molecular weight is 372 g/mol. The highest BCUT2D eigenvalue weighted by Crippen LogP contribution is 2.24. The van der Waals surface area contributed by atoms with Crippen LogP contribution in [0.25, 0.3) is 16.8 Å². The third-order valence-electron chi connectivity index (χ3n) is 3.84. The van der Waals surface area contributed by atoms with E-state index in [4.69, 9.17) is 4.74 Å². The van der Waals surface area contributed by atoms with Crippen molar-refractivity contribution in [2.24, 2.45) is 0 Å². The molecule has 7 nitrogen and oxygen atoms in total. The van der Waals surface area contributed by atoms with E-state index in [9.17, 15) is 8.42 Å². The molecule has 1 aromatic heterocycles. The van der Waals surface area contributed by atoms with Gasteiger partial charge in [-0.25, -0.2) is 4.68 Å². The van der Waals surface area contributed by atoms with Gasteiger partial charge in [-0.05, 0) is 42.0 Å². The van der Waals surface area contributed by atoms with Crippen LogP contribution in [-0.2, 0) is 10.2 Å². The van der Waals surface area contributed by atoms with Crippen LogP contribution in [0, 0.1) is 0 Å². The summed E-state index contributed by atoms with van der Waals surface area (Å²) in [5.74, 6) is 0.780. The fourth-order valence-electron chi connectivity index (χ4n) is 2.35. The van der Waals surface area contributed by atoms with Gasteiger partial charge in [-0.1, -0.05) is 12.1 Å². The van der Waals surface area contributed by atoms with Gasteiger partial charge in [-0.2, -0.15) is 17.8 Å². The molecule has 0 aliphatic heterocycles. The van der Waals surface area contributed by atoms with E-state index in [1.165, 1.54) is 14.1 Å². The van der Waals surface area contributed by atoms with E-state index < -0.39 is 10.2 Å². The highest BCUT2D eigenvalue weighted by Gasteiger charge is 2.13. The number of rotatable bonds is 6. The Labute approximate surface area is 153 Å². The van der Waals surface area contributed by atoms with Gasteiger partial charge < -0.3 is 4.74 Å². The smallest absolute Gasteiger partial charge is 0.301 e. The fourth-order valence-corrected chi connectivity index (χ4v) is 2.96. The van der Waals surface area contributed by atoms with Gasteiger partial charge in [0.1, 0.15) is 5.75 Å². The molecule has 0 radical (unpaired) electrons. The van der Waals surface area contributed by atoms with Crippen LogP contribution >= 0.6 is 0 Å². The third-order valence-corrected chi connectivity index (χ3v) is 5.30. The predicted molar refractivity (Wildman–Crippen MR) is 102 cm³/mol. The first-order chi connectivity index (χ1) is 12.4. The van der Waals surface area contributed by atoms with Gasteiger partial charge in [0.15, 0.2) is 0 Å². The summed E-state index contributed by atoms with van der Waals surface area (Å²) in [4.78, 5) is 0. The molecule has 0 aliphatic rings. The zero-order valence-electron chi connectivity index (χ0n) is 14.7. The molecule has 0 bridgehead atoms. The van der Waals surface area contributed by atoms with Crippen molar-refractivity contribution in [3.8, 4) is 22.6 Å². The molecule has 0 spiro atoms. The van der Waals surface area contributed by atoms with E-state index in [2.05, 4.69) is 9.82 Å². The Hall–Kier alpha value is -2.84. The van der Waals surface area contributed by atoms with E-state index in [-0.39, 0.29) is 0 Å². The summed E-state index contributed by atoms with van der Waals surface area (Å²) in [5, 5.41) is 4.38. The zero-order chi connectivity index (χ0) is 18.7. The van der Waals surface area contributed by atoms with Crippen molar-refractivity contribution in [2.75, 3.05) is 25.9 Å². The lowest BCUT2D eigenvalue weighted by Crippen LogP contribution is -2.28. The zero-order valence-corrected chi connectivity index (χ0v) is 15.6. The number of anilines is 1. The molecule has 0 atom stereocenters. The van der Waals surface area contributed by atoms with Crippen molar-refractivity contribution in [3.05, 3.63) is 60.9 Å². The van der Waals surface area contributed by atoms with Gasteiger partial charge in [-0.3, -0.25) is 4.72 Å². The van der Waals surface area contributed by atoms with Gasteiger partial charge >= 0.3 is 10.2 Å². The summed E-state index contributed by atoms with van der Waals surface area (Å²) in [6.45, 7) is 0. The van der Waals surface area contributed by atoms with Gasteiger partial charge in [0.2, 0.25) is 0 Å². The fraction of sp³-hybridized carbons (Fsp3) is 0.167. The van der Waals surface area contributed by atoms with Crippen LogP contribution in [-0.4, -0.2) is 43.7 Å². The topological polar surface area (TPSA) is 76.5 Å². The van der Waals surface area contributed by atoms with Gasteiger partial charge in [0.05, 0.1) is 24.7 Å². The second-order valence-corrected chi connectivity index (χ2v) is 7.73. The highest BCUT2D eigenvalue weighted by molar-refractivity contribution is 7.90. The molecule has 3 aromatic rings. The van der Waals surface area contributed by atoms with Crippen molar-refractivity contribution in [3.63, 3.8) is 0 Å². The minimum Gasteiger partial charge on any atom is -0.497 e. The Kier molecular flexibility index (Phi) is 4.97. The Morgan fingerprint density at radius 3 is 2.46 bits per heavy atom. The van der Waals surface area contributed by atoms with Crippen LogP contribution in [0.2, 0.25) is 0 Å². The van der Waals surface area contributed by atoms with Crippen LogP contribution in [0.5, 0.6) is 5.75 Å². The number of nitrogens with zero attached hydrogens (tertiary/aromatic N) is 3. The van der Waals surface area contributed by atoms with E-state index >= 15 is 0 Å². The standard InChI is InChI=1S/C18H20N4O3S/c1-21(2)26(23,24)20-16-6-4-5-14(11-16)15-12-19-22(13-15)17-7-9-18(25-3)10-8-17/h4-13,20H,1-3H3. The van der Waals surface area contributed by atoms with Gasteiger partial charge in [0, 0.05) is 25.9 Å². The molecule has 0 amide bonds. The van der Waals surface area contributed by atoms with Crippen molar-refractivity contribution in [2.45, 2.75) is 0 Å². The number of ether oxygens (including phenoxy) is 1. The van der Waals surface area contributed by atoms with E-state index in [0.717, 1.165) is 26.9 Å². The largest absolute Gasteiger partial charge is 0.497 e. The third kappa shape index (κ3) is 3.87. The monoisotopic (exact) mass is 372 g/mol. The average Bonchev–Trinajstić information content (AvgIpc) is 3.12. The highest BCUT2D eigenvalue weighted by atomic mass is 32.2. The van der Waals surface area contributed by atoms with E-state index in [1.807, 2.05) is 36.5 Å². The molecule has 0 saturated heterocycles. The van der Waals surface area contributed by atoms with E-state index in [1.54, 1.807) is 36.2 Å². The van der Waals surface area contributed by atoms with Gasteiger partial charge in [0.25, 0.3) is 0 Å².